The molecule has 2 rings (SSSR count). The summed E-state index contributed by atoms with van der Waals surface area (Å²) in [6.45, 7) is 0. The van der Waals surface area contributed by atoms with Gasteiger partial charge in [-0.3, -0.25) is 0 Å². The lowest BCUT2D eigenvalue weighted by Crippen LogP contribution is -1.92. The average Bonchev–Trinajstić information content (AvgIpc) is 2.38. The van der Waals surface area contributed by atoms with Crippen LogP contribution in [-0.2, 0) is 12.8 Å². The molecule has 0 aliphatic carbocycles. The van der Waals surface area contributed by atoms with Crippen molar-refractivity contribution in [2.45, 2.75) is 12.8 Å². The highest BCUT2D eigenvalue weighted by atomic mass is 19.1. The number of methoxy groups -OCH3 is 1. The molecule has 0 aliphatic heterocycles. The first-order chi connectivity index (χ1) is 8.28. The Morgan fingerprint density at radius 3 is 2.35 bits per heavy atom. The second-order valence-electron chi connectivity index (χ2n) is 3.98. The Hall–Kier alpha value is -1.83. The summed E-state index contributed by atoms with van der Waals surface area (Å²) in [5.74, 6) is 0.691. The van der Waals surface area contributed by atoms with E-state index in [9.17, 15) is 4.39 Å². The van der Waals surface area contributed by atoms with Crippen LogP contribution < -0.4 is 4.74 Å². The molecule has 0 atom stereocenters. The normalized spacial score (nSPS) is 10.2. The van der Waals surface area contributed by atoms with Crippen molar-refractivity contribution in [3.05, 3.63) is 65.5 Å². The van der Waals surface area contributed by atoms with Crippen molar-refractivity contribution in [2.75, 3.05) is 7.11 Å². The molecule has 0 N–H and O–H groups in total. The zero-order valence-electron chi connectivity index (χ0n) is 9.82. The van der Waals surface area contributed by atoms with Gasteiger partial charge in [0.1, 0.15) is 11.6 Å². The summed E-state index contributed by atoms with van der Waals surface area (Å²) < 4.78 is 17.9. The van der Waals surface area contributed by atoms with Crippen LogP contribution in [0.15, 0.2) is 48.5 Å². The molecule has 88 valence electrons. The Morgan fingerprint density at radius 1 is 0.941 bits per heavy atom. The SMILES string of the molecule is COc1cccc(CCc2ccc(F)cc2)c1. The van der Waals surface area contributed by atoms with E-state index < -0.39 is 0 Å². The van der Waals surface area contributed by atoms with Gasteiger partial charge in [0.2, 0.25) is 0 Å². The van der Waals surface area contributed by atoms with Gasteiger partial charge in [0, 0.05) is 0 Å². The van der Waals surface area contributed by atoms with E-state index in [4.69, 9.17) is 4.74 Å². The standard InChI is InChI=1S/C15H15FO/c1-17-15-4-2-3-13(11-15)6-5-12-7-9-14(16)10-8-12/h2-4,7-11H,5-6H2,1H3. The van der Waals surface area contributed by atoms with Gasteiger partial charge in [-0.15, -0.1) is 0 Å². The fourth-order valence-corrected chi connectivity index (χ4v) is 1.77. The second kappa shape index (κ2) is 5.48. The number of ether oxygens (including phenoxy) is 1. The fourth-order valence-electron chi connectivity index (χ4n) is 1.77. The molecule has 0 heterocycles. The summed E-state index contributed by atoms with van der Waals surface area (Å²) in [6.07, 6.45) is 1.84. The van der Waals surface area contributed by atoms with Crippen molar-refractivity contribution >= 4 is 0 Å². The average molecular weight is 230 g/mol. The zero-order chi connectivity index (χ0) is 12.1. The van der Waals surface area contributed by atoms with Gasteiger partial charge in [0.25, 0.3) is 0 Å². The van der Waals surface area contributed by atoms with Gasteiger partial charge in [0.05, 0.1) is 7.11 Å². The van der Waals surface area contributed by atoms with Crippen LogP contribution in [0, 0.1) is 5.82 Å². The summed E-state index contributed by atoms with van der Waals surface area (Å²) in [6, 6.07) is 14.7. The van der Waals surface area contributed by atoms with Gasteiger partial charge >= 0.3 is 0 Å². The van der Waals surface area contributed by atoms with Gasteiger partial charge in [-0.1, -0.05) is 24.3 Å². The molecule has 0 amide bonds. The Kier molecular flexibility index (Phi) is 3.76. The highest BCUT2D eigenvalue weighted by Crippen LogP contribution is 2.14. The van der Waals surface area contributed by atoms with E-state index in [-0.39, 0.29) is 5.82 Å². The van der Waals surface area contributed by atoms with Crippen LogP contribution in [0.4, 0.5) is 4.39 Å². The summed E-state index contributed by atoms with van der Waals surface area (Å²) in [7, 11) is 1.67. The molecule has 0 saturated carbocycles. The second-order valence-corrected chi connectivity index (χ2v) is 3.98. The quantitative estimate of drug-likeness (QED) is 0.779. The van der Waals surface area contributed by atoms with Crippen LogP contribution in [-0.4, -0.2) is 7.11 Å². The van der Waals surface area contributed by atoms with Crippen molar-refractivity contribution in [3.8, 4) is 5.75 Å². The van der Waals surface area contributed by atoms with Gasteiger partial charge in [-0.2, -0.15) is 0 Å². The minimum Gasteiger partial charge on any atom is -0.497 e. The predicted molar refractivity (Wildman–Crippen MR) is 66.8 cm³/mol. The Morgan fingerprint density at radius 2 is 1.65 bits per heavy atom. The Bertz CT molecular complexity index is 477. The molecule has 0 aromatic heterocycles. The summed E-state index contributed by atoms with van der Waals surface area (Å²) in [5.41, 5.74) is 2.38. The van der Waals surface area contributed by atoms with Crippen LogP contribution in [0.25, 0.3) is 0 Å². The first-order valence-electron chi connectivity index (χ1n) is 5.65. The van der Waals surface area contributed by atoms with Crippen molar-refractivity contribution in [3.63, 3.8) is 0 Å². The minimum absolute atomic E-state index is 0.185. The summed E-state index contributed by atoms with van der Waals surface area (Å²) in [5, 5.41) is 0. The molecule has 0 saturated heterocycles. The maximum absolute atomic E-state index is 12.7. The van der Waals surface area contributed by atoms with Crippen LogP contribution in [0.5, 0.6) is 5.75 Å². The van der Waals surface area contributed by atoms with Crippen molar-refractivity contribution in [1.29, 1.82) is 0 Å². The van der Waals surface area contributed by atoms with Gasteiger partial charge < -0.3 is 4.74 Å². The molecule has 0 radical (unpaired) electrons. The summed E-state index contributed by atoms with van der Waals surface area (Å²) in [4.78, 5) is 0. The molecule has 2 heteroatoms. The highest BCUT2D eigenvalue weighted by molar-refractivity contribution is 5.29. The van der Waals surface area contributed by atoms with Crippen molar-refractivity contribution in [1.82, 2.24) is 0 Å². The van der Waals surface area contributed by atoms with E-state index in [0.717, 1.165) is 24.2 Å². The van der Waals surface area contributed by atoms with Gasteiger partial charge in [-0.05, 0) is 48.2 Å². The van der Waals surface area contributed by atoms with E-state index in [1.807, 2.05) is 30.3 Å². The Balaban J connectivity index is 1.99. The van der Waals surface area contributed by atoms with Crippen LogP contribution in [0.1, 0.15) is 11.1 Å². The number of halogens is 1. The third-order valence-electron chi connectivity index (χ3n) is 2.75. The molecule has 0 unspecified atom stereocenters. The van der Waals surface area contributed by atoms with Crippen molar-refractivity contribution < 1.29 is 9.13 Å². The number of rotatable bonds is 4. The molecule has 2 aromatic rings. The molecule has 17 heavy (non-hydrogen) atoms. The largest absolute Gasteiger partial charge is 0.497 e. The van der Waals surface area contributed by atoms with Crippen molar-refractivity contribution in [2.24, 2.45) is 0 Å². The van der Waals surface area contributed by atoms with E-state index in [0.29, 0.717) is 0 Å². The number of hydrogen-bond donors (Lipinski definition) is 0. The Labute approximate surface area is 101 Å². The molecule has 1 nitrogen and oxygen atoms in total. The minimum atomic E-state index is -0.185. The molecule has 0 spiro atoms. The van der Waals surface area contributed by atoms with E-state index in [2.05, 4.69) is 6.07 Å². The van der Waals surface area contributed by atoms with Crippen LogP contribution >= 0.6 is 0 Å². The molecule has 2 aromatic carbocycles. The van der Waals surface area contributed by atoms with Gasteiger partial charge in [0.15, 0.2) is 0 Å². The van der Waals surface area contributed by atoms with E-state index >= 15 is 0 Å². The predicted octanol–water partition coefficient (Wildman–Crippen LogP) is 3.62. The first-order valence-corrected chi connectivity index (χ1v) is 5.65. The van der Waals surface area contributed by atoms with E-state index in [1.165, 1.54) is 17.7 Å². The fraction of sp³-hybridized carbons (Fsp3) is 0.200. The maximum Gasteiger partial charge on any atom is 0.123 e. The van der Waals surface area contributed by atoms with Crippen LogP contribution in [0.2, 0.25) is 0 Å². The smallest absolute Gasteiger partial charge is 0.123 e. The lowest BCUT2D eigenvalue weighted by molar-refractivity contribution is 0.414. The monoisotopic (exact) mass is 230 g/mol. The number of benzene rings is 2. The molecule has 0 aliphatic rings. The lowest BCUT2D eigenvalue weighted by Gasteiger charge is -2.04. The summed E-state index contributed by atoms with van der Waals surface area (Å²) >= 11 is 0. The maximum atomic E-state index is 12.7. The van der Waals surface area contributed by atoms with Gasteiger partial charge in [-0.25, -0.2) is 4.39 Å². The first kappa shape index (κ1) is 11.6. The third-order valence-corrected chi connectivity index (χ3v) is 2.75. The molecule has 0 bridgehead atoms. The lowest BCUT2D eigenvalue weighted by atomic mass is 10.0. The van der Waals surface area contributed by atoms with Crippen LogP contribution in [0.3, 0.4) is 0 Å². The van der Waals surface area contributed by atoms with E-state index in [1.54, 1.807) is 7.11 Å². The molecular formula is C15H15FO. The zero-order valence-corrected chi connectivity index (χ0v) is 9.82. The molecule has 0 fully saturated rings. The number of aryl methyl sites for hydroxylation is 2. The topological polar surface area (TPSA) is 9.23 Å². The number of hydrogen-bond acceptors (Lipinski definition) is 1. The third kappa shape index (κ3) is 3.31. The highest BCUT2D eigenvalue weighted by Gasteiger charge is 1.98. The molecular weight excluding hydrogens is 215 g/mol.